The van der Waals surface area contributed by atoms with Crippen LogP contribution in [0.3, 0.4) is 0 Å². The maximum absolute atomic E-state index is 13.3. The van der Waals surface area contributed by atoms with Crippen LogP contribution in [0.2, 0.25) is 0 Å². The number of carbonyl (C=O) groups excluding carboxylic acids is 1. The average molecular weight is 618 g/mol. The van der Waals surface area contributed by atoms with E-state index in [-0.39, 0.29) is 18.3 Å². The van der Waals surface area contributed by atoms with E-state index in [2.05, 4.69) is 45.6 Å². The maximum atomic E-state index is 13.3. The van der Waals surface area contributed by atoms with Gasteiger partial charge >= 0.3 is 0 Å². The molecule has 2 aromatic rings. The van der Waals surface area contributed by atoms with Crippen molar-refractivity contribution < 1.29 is 18.5 Å². The predicted octanol–water partition coefficient (Wildman–Crippen LogP) is 9.36. The van der Waals surface area contributed by atoms with Gasteiger partial charge in [-0.2, -0.15) is 0 Å². The molecule has 3 aliphatic rings. The molecule has 7 heteroatoms. The van der Waals surface area contributed by atoms with Crippen molar-refractivity contribution in [3.05, 3.63) is 42.2 Å². The smallest absolute Gasteiger partial charge is 0.204 e. The highest BCUT2D eigenvalue weighted by atomic mass is 32.2. The molecular formula is C35H52FNO3S2. The Hall–Kier alpha value is -1.41. The minimum Gasteiger partial charge on any atom is -0.393 e. The Labute approximate surface area is 261 Å². The van der Waals surface area contributed by atoms with Crippen molar-refractivity contribution in [1.29, 1.82) is 0 Å². The number of nitrogens with two attached hydrogens (primary N) is 1. The van der Waals surface area contributed by atoms with Gasteiger partial charge in [-0.05, 0) is 134 Å². The first-order chi connectivity index (χ1) is 20.2. The lowest BCUT2D eigenvalue weighted by Gasteiger charge is -2.52. The van der Waals surface area contributed by atoms with Crippen molar-refractivity contribution in [2.24, 2.45) is 52.6 Å². The van der Waals surface area contributed by atoms with Gasteiger partial charge in [-0.25, -0.2) is 4.39 Å². The molecule has 9 atom stereocenters. The summed E-state index contributed by atoms with van der Waals surface area (Å²) in [6, 6.07) is 11.0. The summed E-state index contributed by atoms with van der Waals surface area (Å²) in [6.07, 6.45) is 12.6. The molecule has 0 radical (unpaired) electrons. The molecule has 1 amide bonds. The number of amides is 1. The standard InChI is InChI=1S/C34H49FO2S2.CH3NO/c1-5-24-7-13-27(36)12-6-22(2)28-18-19-34(4)30(14-15-31(34)29(28)20-24)23(3)21-37-39-33-17-16-32(38-33)25-8-10-26(35)11-9-25;2-1-3/h8-11,16-17,22-24,27-31,36H,5-7,12-15,18-21H2,1-4H3;1H,(H2,2,3)/t22?,23-,24-,27-,28-,29?,30-,31?,34?;/m1./s1. The molecule has 3 aliphatic carbocycles. The Morgan fingerprint density at radius 1 is 1.10 bits per heavy atom. The van der Waals surface area contributed by atoms with Crippen molar-refractivity contribution >= 4 is 29.8 Å². The summed E-state index contributed by atoms with van der Waals surface area (Å²) in [5, 5.41) is 10.5. The van der Waals surface area contributed by atoms with Crippen LogP contribution < -0.4 is 5.73 Å². The van der Waals surface area contributed by atoms with E-state index in [4.69, 9.17) is 8.98 Å². The fourth-order valence-corrected chi connectivity index (χ4v) is 10.7. The number of rotatable bonds is 7. The first kappa shape index (κ1) is 33.5. The number of aliphatic hydroxyl groups excluding tert-OH is 1. The highest BCUT2D eigenvalue weighted by molar-refractivity contribution is 7.96. The van der Waals surface area contributed by atoms with Crippen LogP contribution in [0.5, 0.6) is 0 Å². The third-order valence-corrected chi connectivity index (χ3v) is 13.1. The summed E-state index contributed by atoms with van der Waals surface area (Å²) in [7, 11) is 0. The van der Waals surface area contributed by atoms with E-state index in [0.29, 0.717) is 11.3 Å². The summed E-state index contributed by atoms with van der Waals surface area (Å²) in [5.41, 5.74) is 5.65. The molecule has 5 rings (SSSR count). The lowest BCUT2D eigenvalue weighted by molar-refractivity contribution is -0.106. The fraction of sp³-hybridized carbons (Fsp3) is 0.686. The van der Waals surface area contributed by atoms with Crippen LogP contribution in [0, 0.1) is 52.7 Å². The molecule has 1 heterocycles. The van der Waals surface area contributed by atoms with E-state index in [1.54, 1.807) is 11.3 Å². The second-order valence-electron chi connectivity index (χ2n) is 13.6. The Kier molecular flexibility index (Phi) is 12.4. The average Bonchev–Trinajstić information content (AvgIpc) is 3.59. The molecule has 0 aliphatic heterocycles. The van der Waals surface area contributed by atoms with E-state index in [9.17, 15) is 9.50 Å². The number of hydrogen-bond donors (Lipinski definition) is 2. The maximum Gasteiger partial charge on any atom is 0.204 e. The molecule has 1 aromatic carbocycles. The quantitative estimate of drug-likeness (QED) is 0.240. The Morgan fingerprint density at radius 2 is 1.81 bits per heavy atom. The minimum atomic E-state index is -0.196. The Bertz CT molecular complexity index is 1110. The number of benzene rings is 1. The Morgan fingerprint density at radius 3 is 2.52 bits per heavy atom. The van der Waals surface area contributed by atoms with E-state index in [1.165, 1.54) is 75.5 Å². The van der Waals surface area contributed by atoms with Gasteiger partial charge in [0.25, 0.3) is 0 Å². The van der Waals surface area contributed by atoms with Gasteiger partial charge in [0.15, 0.2) is 0 Å². The molecule has 0 spiro atoms. The van der Waals surface area contributed by atoms with Gasteiger partial charge in [0, 0.05) is 16.9 Å². The molecule has 3 saturated carbocycles. The van der Waals surface area contributed by atoms with Gasteiger partial charge in [0.1, 0.15) is 5.82 Å². The minimum absolute atomic E-state index is 0.0924. The predicted molar refractivity (Wildman–Crippen MR) is 174 cm³/mol. The van der Waals surface area contributed by atoms with Crippen molar-refractivity contribution in [1.82, 2.24) is 0 Å². The number of halogens is 1. The molecule has 1 aromatic heterocycles. The van der Waals surface area contributed by atoms with Crippen LogP contribution in [0.1, 0.15) is 91.9 Å². The summed E-state index contributed by atoms with van der Waals surface area (Å²) in [4.78, 5) is 9.73. The molecule has 0 bridgehead atoms. The van der Waals surface area contributed by atoms with Gasteiger partial charge in [0.2, 0.25) is 6.41 Å². The molecule has 4 unspecified atom stereocenters. The summed E-state index contributed by atoms with van der Waals surface area (Å²) >= 11 is 3.22. The van der Waals surface area contributed by atoms with Crippen LogP contribution in [-0.4, -0.2) is 24.2 Å². The summed E-state index contributed by atoms with van der Waals surface area (Å²) < 4.78 is 20.7. The van der Waals surface area contributed by atoms with Crippen LogP contribution in [-0.2, 0) is 8.98 Å². The SMILES string of the molecule is CC[C@@H]1CC[C@H](O)CCC(C)[C@H]2CCC3(C)C(CC[C@@H]3[C@H](C)COSc3ccc(-c4ccc(F)cc4)s3)C2C1.NC=O. The van der Waals surface area contributed by atoms with Gasteiger partial charge in [-0.3, -0.25) is 4.79 Å². The first-order valence-corrected chi connectivity index (χ1v) is 17.7. The van der Waals surface area contributed by atoms with Gasteiger partial charge in [0.05, 0.1) is 16.9 Å². The molecule has 3 fully saturated rings. The van der Waals surface area contributed by atoms with Crippen LogP contribution >= 0.6 is 23.4 Å². The highest BCUT2D eigenvalue weighted by Crippen LogP contribution is 2.63. The second-order valence-corrected chi connectivity index (χ2v) is 15.7. The van der Waals surface area contributed by atoms with E-state index in [1.807, 2.05) is 12.1 Å². The summed E-state index contributed by atoms with van der Waals surface area (Å²) in [5.74, 6) is 5.10. The van der Waals surface area contributed by atoms with Crippen molar-refractivity contribution in [3.8, 4) is 10.4 Å². The number of primary amides is 1. The zero-order valence-corrected chi connectivity index (χ0v) is 27.6. The number of hydrogen-bond acceptors (Lipinski definition) is 5. The number of thiophene rings is 1. The lowest BCUT2D eigenvalue weighted by Crippen LogP contribution is -2.45. The van der Waals surface area contributed by atoms with Gasteiger partial charge in [-0.15, -0.1) is 11.3 Å². The van der Waals surface area contributed by atoms with Gasteiger partial charge < -0.3 is 15.0 Å². The molecule has 3 N–H and O–H groups in total. The highest BCUT2D eigenvalue weighted by Gasteiger charge is 2.55. The van der Waals surface area contributed by atoms with E-state index in [0.717, 1.165) is 69.6 Å². The topological polar surface area (TPSA) is 72.6 Å². The third-order valence-electron chi connectivity index (χ3n) is 11.2. The molecule has 4 nitrogen and oxygen atoms in total. The molecule has 234 valence electrons. The van der Waals surface area contributed by atoms with Crippen LogP contribution in [0.15, 0.2) is 40.6 Å². The number of fused-ring (bicyclic) bond motifs is 3. The first-order valence-electron chi connectivity index (χ1n) is 16.2. The van der Waals surface area contributed by atoms with Crippen LogP contribution in [0.25, 0.3) is 10.4 Å². The summed E-state index contributed by atoms with van der Waals surface area (Å²) in [6.45, 7) is 10.7. The normalized spacial score (nSPS) is 33.9. The zero-order chi connectivity index (χ0) is 30.3. The van der Waals surface area contributed by atoms with Crippen molar-refractivity contribution in [3.63, 3.8) is 0 Å². The van der Waals surface area contributed by atoms with Gasteiger partial charge in [-0.1, -0.05) is 46.2 Å². The lowest BCUT2D eigenvalue weighted by atomic mass is 9.53. The van der Waals surface area contributed by atoms with E-state index < -0.39 is 0 Å². The zero-order valence-electron chi connectivity index (χ0n) is 26.0. The second kappa shape index (κ2) is 15.5. The number of carbonyl (C=O) groups is 1. The largest absolute Gasteiger partial charge is 0.393 e. The fourth-order valence-electron chi connectivity index (χ4n) is 8.90. The number of aliphatic hydroxyl groups is 1. The van der Waals surface area contributed by atoms with E-state index >= 15 is 0 Å². The molecule has 42 heavy (non-hydrogen) atoms. The molecular weight excluding hydrogens is 566 g/mol. The third kappa shape index (κ3) is 7.99. The van der Waals surface area contributed by atoms with Crippen molar-refractivity contribution in [2.75, 3.05) is 6.61 Å². The molecule has 0 saturated heterocycles. The van der Waals surface area contributed by atoms with Crippen molar-refractivity contribution in [2.45, 2.75) is 102 Å². The van der Waals surface area contributed by atoms with Crippen LogP contribution in [0.4, 0.5) is 4.39 Å². The monoisotopic (exact) mass is 617 g/mol. The Balaban J connectivity index is 0.00000129.